The Morgan fingerprint density at radius 2 is 1.95 bits per heavy atom. The predicted molar refractivity (Wildman–Crippen MR) is 72.9 cm³/mol. The van der Waals surface area contributed by atoms with E-state index in [-0.39, 0.29) is 0 Å². The number of rotatable bonds is 2. The Kier molecular flexibility index (Phi) is 5.33. The van der Waals surface area contributed by atoms with Crippen molar-refractivity contribution in [1.29, 1.82) is 0 Å². The van der Waals surface area contributed by atoms with Crippen molar-refractivity contribution in [1.82, 2.24) is 0 Å². The topological polar surface area (TPSA) is 38.7 Å². The Hall–Kier alpha value is -1.37. The number of carbonyl (C=O) groups excluding carboxylic acids is 1. The first-order valence-corrected chi connectivity index (χ1v) is 6.44. The van der Waals surface area contributed by atoms with Gasteiger partial charge in [-0.1, -0.05) is 15.9 Å². The second kappa shape index (κ2) is 6.39. The largest absolute Gasteiger partial charge is 0.442 e. The number of carbonyl (C=O) groups is 1. The van der Waals surface area contributed by atoms with Gasteiger partial charge in [-0.2, -0.15) is 4.99 Å². The molecule has 0 aliphatic carbocycles. The van der Waals surface area contributed by atoms with Crippen LogP contribution in [0.2, 0.25) is 0 Å². The maximum absolute atomic E-state index is 13.6. The highest BCUT2D eigenvalue weighted by Crippen LogP contribution is 2.20. The summed E-state index contributed by atoms with van der Waals surface area (Å²) in [6.45, 7) is 4.71. The van der Waals surface area contributed by atoms with Gasteiger partial charge in [0.25, 0.3) is 6.43 Å². The van der Waals surface area contributed by atoms with Crippen LogP contribution in [0.15, 0.2) is 27.7 Å². The van der Waals surface area contributed by atoms with E-state index < -0.39 is 35.2 Å². The number of ether oxygens (including phenoxy) is 1. The number of hydrogen-bond donors (Lipinski definition) is 0. The fourth-order valence-corrected chi connectivity index (χ4v) is 1.66. The Bertz CT molecular complexity index is 539. The van der Waals surface area contributed by atoms with E-state index in [0.717, 1.165) is 12.1 Å². The molecule has 0 aliphatic rings. The van der Waals surface area contributed by atoms with Gasteiger partial charge in [0, 0.05) is 10.0 Å². The highest BCUT2D eigenvalue weighted by molar-refractivity contribution is 9.10. The van der Waals surface area contributed by atoms with Crippen LogP contribution in [-0.4, -0.2) is 23.8 Å². The van der Waals surface area contributed by atoms with Crippen molar-refractivity contribution in [2.45, 2.75) is 32.8 Å². The first-order valence-electron chi connectivity index (χ1n) is 5.65. The van der Waals surface area contributed by atoms with Crippen LogP contribution in [0.25, 0.3) is 0 Å². The molecule has 110 valence electrons. The molecule has 0 fully saturated rings. The summed E-state index contributed by atoms with van der Waals surface area (Å²) in [7, 11) is 0. The number of aliphatic imine (C=N–C) groups is 1. The molecule has 1 aromatic carbocycles. The molecule has 0 aliphatic heterocycles. The molecule has 7 heteroatoms. The maximum atomic E-state index is 13.6. The summed E-state index contributed by atoms with van der Waals surface area (Å²) in [5, 5.41) is 0. The Balaban J connectivity index is 3.18. The van der Waals surface area contributed by atoms with E-state index in [9.17, 15) is 18.0 Å². The summed E-state index contributed by atoms with van der Waals surface area (Å²) in [6.07, 6.45) is -4.29. The minimum atomic E-state index is -3.11. The van der Waals surface area contributed by atoms with Gasteiger partial charge in [-0.05, 0) is 39.0 Å². The first kappa shape index (κ1) is 16.7. The van der Waals surface area contributed by atoms with Gasteiger partial charge in [-0.15, -0.1) is 0 Å². The van der Waals surface area contributed by atoms with Crippen LogP contribution >= 0.6 is 15.9 Å². The van der Waals surface area contributed by atoms with E-state index in [4.69, 9.17) is 4.74 Å². The minimum Gasteiger partial charge on any atom is -0.442 e. The van der Waals surface area contributed by atoms with Crippen molar-refractivity contribution >= 4 is 27.7 Å². The molecule has 0 bridgehead atoms. The van der Waals surface area contributed by atoms with Gasteiger partial charge in [0.15, 0.2) is 0 Å². The summed E-state index contributed by atoms with van der Waals surface area (Å²) in [6, 6.07) is 3.49. The van der Waals surface area contributed by atoms with E-state index >= 15 is 0 Å². The molecule has 3 nitrogen and oxygen atoms in total. The predicted octanol–water partition coefficient (Wildman–Crippen LogP) is 4.58. The summed E-state index contributed by atoms with van der Waals surface area (Å²) in [4.78, 5) is 14.6. The van der Waals surface area contributed by atoms with E-state index in [2.05, 4.69) is 20.9 Å². The van der Waals surface area contributed by atoms with Gasteiger partial charge in [0.2, 0.25) is 0 Å². The van der Waals surface area contributed by atoms with Gasteiger partial charge in [0.1, 0.15) is 17.1 Å². The van der Waals surface area contributed by atoms with Gasteiger partial charge in [-0.25, -0.2) is 18.0 Å². The zero-order chi connectivity index (χ0) is 15.5. The molecule has 0 saturated heterocycles. The fraction of sp³-hybridized carbons (Fsp3) is 0.385. The molecule has 0 saturated carbocycles. The second-order valence-corrected chi connectivity index (χ2v) is 5.82. The molecule has 1 amide bonds. The molecule has 0 aromatic heterocycles. The second-order valence-electron chi connectivity index (χ2n) is 4.90. The Morgan fingerprint density at radius 3 is 2.45 bits per heavy atom. The molecule has 0 unspecified atom stereocenters. The highest BCUT2D eigenvalue weighted by Gasteiger charge is 2.23. The Morgan fingerprint density at radius 1 is 1.35 bits per heavy atom. The fourth-order valence-electron chi connectivity index (χ4n) is 1.30. The van der Waals surface area contributed by atoms with Gasteiger partial charge in [0.05, 0.1) is 0 Å². The smallest absolute Gasteiger partial charge is 0.434 e. The zero-order valence-corrected chi connectivity index (χ0v) is 12.7. The van der Waals surface area contributed by atoms with Crippen molar-refractivity contribution in [3.05, 3.63) is 34.1 Å². The quantitative estimate of drug-likeness (QED) is 0.731. The van der Waals surface area contributed by atoms with E-state index in [1.54, 1.807) is 20.8 Å². The van der Waals surface area contributed by atoms with Crippen molar-refractivity contribution in [2.24, 2.45) is 4.99 Å². The highest BCUT2D eigenvalue weighted by atomic mass is 79.9. The van der Waals surface area contributed by atoms with Crippen LogP contribution < -0.4 is 0 Å². The van der Waals surface area contributed by atoms with Gasteiger partial charge >= 0.3 is 6.09 Å². The summed E-state index contributed by atoms with van der Waals surface area (Å²) in [5.74, 6) is -0.893. The molecular formula is C13H13BrF3NO2. The SMILES string of the molecule is CC(C)(C)OC(=O)/N=C(\c1cc(Br)ccc1F)C(F)F. The third-order valence-electron chi connectivity index (χ3n) is 2.02. The van der Waals surface area contributed by atoms with Crippen LogP contribution in [0.5, 0.6) is 0 Å². The van der Waals surface area contributed by atoms with Crippen LogP contribution in [0.4, 0.5) is 18.0 Å². The number of amides is 1. The number of hydrogen-bond acceptors (Lipinski definition) is 2. The van der Waals surface area contributed by atoms with Gasteiger partial charge < -0.3 is 4.74 Å². The Labute approximate surface area is 123 Å². The number of nitrogens with zero attached hydrogens (tertiary/aromatic N) is 1. The normalized spacial score (nSPS) is 12.7. The molecule has 1 rings (SSSR count). The molecule has 0 atom stereocenters. The van der Waals surface area contributed by atoms with Crippen molar-refractivity contribution in [3.8, 4) is 0 Å². The third kappa shape index (κ3) is 4.96. The number of benzene rings is 1. The zero-order valence-electron chi connectivity index (χ0n) is 11.1. The van der Waals surface area contributed by atoms with E-state index in [1.807, 2.05) is 0 Å². The van der Waals surface area contributed by atoms with Crippen LogP contribution in [0.3, 0.4) is 0 Å². The minimum absolute atomic E-state index is 0.395. The average molecular weight is 352 g/mol. The van der Waals surface area contributed by atoms with Crippen LogP contribution in [0, 0.1) is 5.82 Å². The summed E-state index contributed by atoms with van der Waals surface area (Å²) >= 11 is 3.05. The number of halogens is 4. The lowest BCUT2D eigenvalue weighted by Gasteiger charge is -2.18. The molecule has 1 aromatic rings. The van der Waals surface area contributed by atoms with E-state index in [0.29, 0.717) is 4.47 Å². The third-order valence-corrected chi connectivity index (χ3v) is 2.51. The summed E-state index contributed by atoms with van der Waals surface area (Å²) < 4.78 is 44.7. The lowest BCUT2D eigenvalue weighted by molar-refractivity contribution is 0.0600. The molecule has 0 spiro atoms. The maximum Gasteiger partial charge on any atom is 0.434 e. The van der Waals surface area contributed by atoms with Gasteiger partial charge in [-0.3, -0.25) is 0 Å². The number of alkyl halides is 2. The van der Waals surface area contributed by atoms with E-state index in [1.165, 1.54) is 6.07 Å². The standard InChI is InChI=1S/C13H13BrF3NO2/c1-13(2,3)20-12(19)18-10(11(16)17)8-6-7(14)4-5-9(8)15/h4-6,11H,1-3H3/b18-10+. The molecule has 0 N–H and O–H groups in total. The molecule has 0 radical (unpaired) electrons. The van der Waals surface area contributed by atoms with Crippen LogP contribution in [0.1, 0.15) is 26.3 Å². The lowest BCUT2D eigenvalue weighted by Crippen LogP contribution is -2.24. The summed E-state index contributed by atoms with van der Waals surface area (Å²) in [5.41, 5.74) is -2.28. The monoisotopic (exact) mass is 351 g/mol. The first-order chi connectivity index (χ1) is 9.10. The lowest BCUT2D eigenvalue weighted by atomic mass is 10.1. The van der Waals surface area contributed by atoms with Crippen molar-refractivity contribution in [3.63, 3.8) is 0 Å². The van der Waals surface area contributed by atoms with Crippen molar-refractivity contribution in [2.75, 3.05) is 0 Å². The van der Waals surface area contributed by atoms with Crippen molar-refractivity contribution < 1.29 is 22.7 Å². The molecule has 20 heavy (non-hydrogen) atoms. The average Bonchev–Trinajstić information content (AvgIpc) is 2.27. The van der Waals surface area contributed by atoms with Crippen LogP contribution in [-0.2, 0) is 4.74 Å². The molecule has 0 heterocycles. The molecular weight excluding hydrogens is 339 g/mol.